The highest BCUT2D eigenvalue weighted by Gasteiger charge is 2.38. The summed E-state index contributed by atoms with van der Waals surface area (Å²) in [6, 6.07) is 0. The fourth-order valence-electron chi connectivity index (χ4n) is 6.32. The highest BCUT2D eigenvalue weighted by atomic mass is 32.2. The molecule has 0 fully saturated rings. The van der Waals surface area contributed by atoms with Gasteiger partial charge < -0.3 is 28.4 Å². The topological polar surface area (TPSA) is 158 Å². The fourth-order valence-corrected chi connectivity index (χ4v) is 9.28. The van der Waals surface area contributed by atoms with Crippen LogP contribution in [0.3, 0.4) is 0 Å². The van der Waals surface area contributed by atoms with E-state index in [1.54, 1.807) is 70.6 Å². The minimum Gasteiger partial charge on any atom is -0.418 e. The Kier molecular flexibility index (Phi) is 39.6. The molecule has 0 unspecified atom stereocenters. The number of hydrogen-bond donors (Lipinski definition) is 0. The van der Waals surface area contributed by atoms with E-state index in [1.165, 1.54) is 0 Å². The lowest BCUT2D eigenvalue weighted by atomic mass is 10.1. The molecule has 0 saturated carbocycles. The summed E-state index contributed by atoms with van der Waals surface area (Å²) in [5, 5.41) is 0. The van der Waals surface area contributed by atoms with Gasteiger partial charge in [-0.05, 0) is 149 Å². The number of thioether (sulfide) groups is 6. The molecule has 0 heterocycles. The molecule has 0 bridgehead atoms. The molecule has 0 radical (unpaired) electrons. The van der Waals surface area contributed by atoms with Crippen molar-refractivity contribution >= 4 is 106 Å². The number of benzene rings is 1. The normalized spacial score (nSPS) is 11.0. The van der Waals surface area contributed by atoms with Crippen LogP contribution in [0.2, 0.25) is 0 Å². The minimum atomic E-state index is -0.755. The van der Waals surface area contributed by atoms with Gasteiger partial charge in [-0.3, -0.25) is 28.8 Å². The molecule has 0 aromatic heterocycles. The van der Waals surface area contributed by atoms with Crippen molar-refractivity contribution in [3.63, 3.8) is 0 Å². The van der Waals surface area contributed by atoms with Crippen molar-refractivity contribution in [3.05, 3.63) is 0 Å². The molecule has 1 aromatic carbocycles. The minimum absolute atomic E-state index is 0.0519. The lowest BCUT2D eigenvalue weighted by Gasteiger charge is -2.23. The van der Waals surface area contributed by atoms with Crippen LogP contribution < -0.4 is 28.4 Å². The SMILES string of the molecule is CSCCCCCC(=O)Oc1c(OC(=O)CCCCCSC)c(OC(=O)CCCCCSC)c(OC(=O)CCCCCSC)c(OC(=O)CCCCCSC)c1OC(=O)CCCCCSC. The lowest BCUT2D eigenvalue weighted by molar-refractivity contribution is -0.140. The molecule has 12 nitrogen and oxygen atoms in total. The molecule has 0 atom stereocenters. The molecule has 0 N–H and O–H groups in total. The summed E-state index contributed by atoms with van der Waals surface area (Å²) in [5.74, 6) is -2.54. The first kappa shape index (κ1) is 62.2. The summed E-state index contributed by atoms with van der Waals surface area (Å²) in [4.78, 5) is 83.0. The Labute approximate surface area is 421 Å². The third kappa shape index (κ3) is 29.9. The molecular weight excluding hydrogens is 961 g/mol. The van der Waals surface area contributed by atoms with Crippen LogP contribution in [0, 0.1) is 0 Å². The monoisotopic (exact) mass is 1040 g/mol. The Hall–Kier alpha value is -1.86. The average Bonchev–Trinajstić information content (AvgIpc) is 3.29. The summed E-state index contributed by atoms with van der Waals surface area (Å²) in [5.41, 5.74) is 0. The van der Waals surface area contributed by atoms with Crippen molar-refractivity contribution in [3.8, 4) is 34.5 Å². The van der Waals surface area contributed by atoms with Crippen LogP contribution in [0.1, 0.15) is 154 Å². The van der Waals surface area contributed by atoms with Crippen LogP contribution in [0.4, 0.5) is 0 Å². The molecule has 378 valence electrons. The molecule has 66 heavy (non-hydrogen) atoms. The van der Waals surface area contributed by atoms with E-state index in [2.05, 4.69) is 0 Å². The zero-order valence-electron chi connectivity index (χ0n) is 40.6. The Morgan fingerprint density at radius 3 is 0.500 bits per heavy atom. The Morgan fingerprint density at radius 1 is 0.242 bits per heavy atom. The van der Waals surface area contributed by atoms with Gasteiger partial charge in [-0.15, -0.1) is 0 Å². The van der Waals surface area contributed by atoms with Gasteiger partial charge in [-0.25, -0.2) is 0 Å². The number of rotatable bonds is 42. The van der Waals surface area contributed by atoms with Crippen LogP contribution in [0.15, 0.2) is 0 Å². The Bertz CT molecular complexity index is 1240. The second-order valence-corrected chi connectivity index (χ2v) is 21.6. The molecule has 0 aliphatic carbocycles. The molecule has 0 amide bonds. The first-order valence-electron chi connectivity index (χ1n) is 23.5. The van der Waals surface area contributed by atoms with Crippen molar-refractivity contribution < 1.29 is 57.2 Å². The van der Waals surface area contributed by atoms with Gasteiger partial charge in [0.1, 0.15) is 0 Å². The Morgan fingerprint density at radius 2 is 0.379 bits per heavy atom. The van der Waals surface area contributed by atoms with E-state index < -0.39 is 70.3 Å². The highest BCUT2D eigenvalue weighted by molar-refractivity contribution is 7.99. The summed E-state index contributed by atoms with van der Waals surface area (Å²) in [6.45, 7) is 0. The fraction of sp³-hybridized carbons (Fsp3) is 0.750. The number of carbonyl (C=O) groups excluding carboxylic acids is 6. The van der Waals surface area contributed by atoms with Gasteiger partial charge in [0.15, 0.2) is 0 Å². The summed E-state index contributed by atoms with van der Waals surface area (Å²) in [7, 11) is 0. The number of unbranched alkanes of at least 4 members (excludes halogenated alkanes) is 12. The summed E-state index contributed by atoms with van der Waals surface area (Å²) in [6.07, 6.45) is 24.2. The zero-order chi connectivity index (χ0) is 48.6. The average molecular weight is 1040 g/mol. The summed E-state index contributed by atoms with van der Waals surface area (Å²) >= 11 is 10.2. The van der Waals surface area contributed by atoms with Gasteiger partial charge in [0.05, 0.1) is 0 Å². The largest absolute Gasteiger partial charge is 0.418 e. The molecule has 18 heteroatoms. The predicted octanol–water partition coefficient (Wildman–Crippen LogP) is 12.7. The van der Waals surface area contributed by atoms with E-state index in [-0.39, 0.29) is 38.5 Å². The van der Waals surface area contributed by atoms with Gasteiger partial charge in [0.2, 0.25) is 34.5 Å². The van der Waals surface area contributed by atoms with Crippen LogP contribution in [0.5, 0.6) is 34.5 Å². The molecule has 0 saturated heterocycles. The van der Waals surface area contributed by atoms with Gasteiger partial charge in [0.25, 0.3) is 0 Å². The van der Waals surface area contributed by atoms with Crippen LogP contribution in [-0.2, 0) is 28.8 Å². The van der Waals surface area contributed by atoms with Gasteiger partial charge in [-0.2, -0.15) is 70.6 Å². The van der Waals surface area contributed by atoms with E-state index >= 15 is 0 Å². The maximum atomic E-state index is 13.8. The van der Waals surface area contributed by atoms with Crippen molar-refractivity contribution in [1.29, 1.82) is 0 Å². The van der Waals surface area contributed by atoms with E-state index in [4.69, 9.17) is 28.4 Å². The third-order valence-electron chi connectivity index (χ3n) is 9.91. The maximum Gasteiger partial charge on any atom is 0.311 e. The van der Waals surface area contributed by atoms with E-state index in [0.29, 0.717) is 38.5 Å². The lowest BCUT2D eigenvalue weighted by Crippen LogP contribution is -2.20. The van der Waals surface area contributed by atoms with Gasteiger partial charge in [0, 0.05) is 38.5 Å². The van der Waals surface area contributed by atoms with Crippen LogP contribution in [-0.4, -0.2) is 108 Å². The van der Waals surface area contributed by atoms with Crippen molar-refractivity contribution in [2.75, 3.05) is 72.1 Å². The quantitative estimate of drug-likeness (QED) is 0.0345. The second kappa shape index (κ2) is 42.1. The smallest absolute Gasteiger partial charge is 0.311 e. The van der Waals surface area contributed by atoms with Crippen LogP contribution >= 0.6 is 70.6 Å². The number of hydrogen-bond acceptors (Lipinski definition) is 18. The summed E-state index contributed by atoms with van der Waals surface area (Å²) < 4.78 is 36.1. The molecular formula is C48H78O12S6. The maximum absolute atomic E-state index is 13.8. The number of esters is 6. The van der Waals surface area contributed by atoms with Crippen LogP contribution in [0.25, 0.3) is 0 Å². The molecule has 1 rings (SSSR count). The standard InChI is InChI=1S/C48H78O12S6/c1-61-31-19-7-13-25-37(49)55-43-44(56-38(50)26-14-8-20-32-62-2)46(58-40(52)28-16-10-22-34-64-4)48(60-42(54)30-18-12-24-36-66-6)47(59-41(53)29-17-11-23-35-65-5)45(43)57-39(51)27-15-9-21-33-63-3/h7-36H2,1-6H3. The molecule has 0 aliphatic heterocycles. The molecule has 0 spiro atoms. The predicted molar refractivity (Wildman–Crippen MR) is 281 cm³/mol. The van der Waals surface area contributed by atoms with E-state index in [1.807, 2.05) is 37.5 Å². The van der Waals surface area contributed by atoms with Crippen molar-refractivity contribution in [2.45, 2.75) is 154 Å². The molecule has 0 aliphatic rings. The van der Waals surface area contributed by atoms with Gasteiger partial charge in [-0.1, -0.05) is 38.5 Å². The van der Waals surface area contributed by atoms with E-state index in [0.717, 1.165) is 112 Å². The van der Waals surface area contributed by atoms with Crippen molar-refractivity contribution in [1.82, 2.24) is 0 Å². The zero-order valence-corrected chi connectivity index (χ0v) is 45.5. The highest BCUT2D eigenvalue weighted by Crippen LogP contribution is 2.59. The number of carbonyl (C=O) groups is 6. The second-order valence-electron chi connectivity index (χ2n) is 15.6. The van der Waals surface area contributed by atoms with E-state index in [9.17, 15) is 28.8 Å². The third-order valence-corrected chi connectivity index (χ3v) is 14.1. The first-order chi connectivity index (χ1) is 32.1. The Balaban J connectivity index is 4.24. The number of ether oxygens (including phenoxy) is 6. The molecule has 1 aromatic rings. The first-order valence-corrected chi connectivity index (χ1v) is 31.8. The van der Waals surface area contributed by atoms with Crippen molar-refractivity contribution in [2.24, 2.45) is 0 Å². The van der Waals surface area contributed by atoms with Gasteiger partial charge >= 0.3 is 35.8 Å².